The van der Waals surface area contributed by atoms with Crippen LogP contribution in [0.3, 0.4) is 0 Å². The van der Waals surface area contributed by atoms with E-state index >= 15 is 0 Å². The number of halogens is 5. The average Bonchev–Trinajstić information content (AvgIpc) is 3.59. The van der Waals surface area contributed by atoms with Crippen LogP contribution in [0.2, 0.25) is 10.0 Å². The number of ether oxygens (including phenoxy) is 2. The number of para-hydroxylation sites is 1. The topological polar surface area (TPSA) is 214 Å². The van der Waals surface area contributed by atoms with Crippen molar-refractivity contribution < 1.29 is 47.7 Å². The van der Waals surface area contributed by atoms with Crippen LogP contribution in [-0.2, 0) is 35.5 Å². The van der Waals surface area contributed by atoms with E-state index in [1.807, 2.05) is 52.8 Å². The van der Waals surface area contributed by atoms with Crippen molar-refractivity contribution in [3.63, 3.8) is 0 Å². The number of amides is 2. The lowest BCUT2D eigenvalue weighted by molar-refractivity contribution is -0.136. The molecule has 0 unspecified atom stereocenters. The number of aromatic nitrogens is 2. The zero-order valence-corrected chi connectivity index (χ0v) is 39.9. The van der Waals surface area contributed by atoms with E-state index in [1.165, 1.54) is 17.0 Å². The predicted molar refractivity (Wildman–Crippen MR) is 245 cm³/mol. The largest absolute Gasteiger partial charge is 0.480 e. The maximum atomic E-state index is 12.0. The number of anilines is 1. The molecule has 344 valence electrons. The molecule has 0 aliphatic carbocycles. The quantitative estimate of drug-likeness (QED) is 0.0323. The molecule has 0 fully saturated rings. The molecule has 0 saturated carbocycles. The Bertz CT molecular complexity index is 2070. The Hall–Kier alpha value is -3.85. The lowest BCUT2D eigenvalue weighted by atomic mass is 9.97. The lowest BCUT2D eigenvalue weighted by Gasteiger charge is -2.25. The summed E-state index contributed by atoms with van der Waals surface area (Å²) in [6.07, 6.45) is 8.64. The first kappa shape index (κ1) is 58.1. The Morgan fingerprint density at radius 3 is 2.18 bits per heavy atom. The van der Waals surface area contributed by atoms with Gasteiger partial charge in [0.25, 0.3) is 5.91 Å². The van der Waals surface area contributed by atoms with Crippen molar-refractivity contribution in [2.45, 2.75) is 58.2 Å². The minimum absolute atomic E-state index is 0.0371. The Kier molecular flexibility index (Phi) is 27.7. The molecule has 22 heteroatoms. The van der Waals surface area contributed by atoms with Gasteiger partial charge in [0.2, 0.25) is 11.8 Å². The second kappa shape index (κ2) is 29.5. The number of rotatable bonds is 18. The summed E-state index contributed by atoms with van der Waals surface area (Å²) in [5, 5.41) is 14.8. The van der Waals surface area contributed by atoms with Gasteiger partial charge in [-0.05, 0) is 37.5 Å². The van der Waals surface area contributed by atoms with Crippen LogP contribution in [-0.4, -0.2) is 104 Å². The Morgan fingerprint density at radius 1 is 1.11 bits per heavy atom. The number of benzene rings is 2. The number of hydrogen-bond donors (Lipinski definition) is 4. The number of nitrogens with one attached hydrogen (secondary N) is 1. The fraction of sp³-hybridized carbons (Fsp3) is 0.425. The number of nitrogens with zero attached hydrogens (tertiary/aromatic N) is 4. The van der Waals surface area contributed by atoms with Gasteiger partial charge in [-0.25, -0.2) is 4.79 Å². The van der Waals surface area contributed by atoms with E-state index in [9.17, 15) is 23.7 Å². The van der Waals surface area contributed by atoms with Crippen molar-refractivity contribution >= 4 is 89.1 Å². The first-order valence-electron chi connectivity index (χ1n) is 18.4. The third kappa shape index (κ3) is 21.5. The Morgan fingerprint density at radius 2 is 1.73 bits per heavy atom. The molecule has 0 bridgehead atoms. The number of aryl methyl sites for hydroxylation is 2. The van der Waals surface area contributed by atoms with Crippen molar-refractivity contribution in [2.24, 2.45) is 0 Å². The third-order valence-electron chi connectivity index (χ3n) is 7.33. The van der Waals surface area contributed by atoms with E-state index in [2.05, 4.69) is 36.4 Å². The van der Waals surface area contributed by atoms with Crippen molar-refractivity contribution in [1.82, 2.24) is 20.0 Å². The zero-order chi connectivity index (χ0) is 47.8. The van der Waals surface area contributed by atoms with E-state index in [-0.39, 0.29) is 41.1 Å². The molecule has 0 aliphatic rings. The summed E-state index contributed by atoms with van der Waals surface area (Å²) in [6, 6.07) is 8.99. The SMILES string of the molecule is C#CCOc1cc(-n2nc(C(C)(C)C)oc2=O)c(Cl)cc1Cl.C=CCN(CC=C)C(=O)C(Cl)Cl.CCOCN(C(=O)CCl)c1c(C)cccc1CC.O=C(O)CNCP(=O)(O)O. The second-order valence-electron chi connectivity index (χ2n) is 13.3. The maximum Gasteiger partial charge on any atom is 0.442 e. The smallest absolute Gasteiger partial charge is 0.442 e. The van der Waals surface area contributed by atoms with Crippen molar-refractivity contribution in [3.05, 3.63) is 93.3 Å². The summed E-state index contributed by atoms with van der Waals surface area (Å²) in [5.41, 5.74) is 3.02. The average molecular weight is 988 g/mol. The molecular weight excluding hydrogens is 935 g/mol. The zero-order valence-electron chi connectivity index (χ0n) is 35.2. The minimum atomic E-state index is -4.10. The normalized spacial score (nSPS) is 10.7. The van der Waals surface area contributed by atoms with Crippen LogP contribution in [0.1, 0.15) is 51.6 Å². The molecule has 2 aromatic carbocycles. The van der Waals surface area contributed by atoms with Gasteiger partial charge >= 0.3 is 19.3 Å². The number of carbonyl (C=O) groups excluding carboxylic acids is 2. The van der Waals surface area contributed by atoms with E-state index in [0.29, 0.717) is 37.0 Å². The van der Waals surface area contributed by atoms with Gasteiger partial charge in [0.1, 0.15) is 25.0 Å². The summed E-state index contributed by atoms with van der Waals surface area (Å²) in [5.74, 6) is 0.673. The summed E-state index contributed by atoms with van der Waals surface area (Å²) in [4.78, 5) is 63.4. The van der Waals surface area contributed by atoms with Gasteiger partial charge in [-0.1, -0.05) is 110 Å². The third-order valence-corrected chi connectivity index (χ3v) is 9.17. The standard InChI is InChI=1S/C15H14Cl2N2O3.C14H20ClNO2.C8H11Cl2NO.C3H8NO5P/c1-5-6-21-12-8-11(9(16)7-10(12)17)19-14(20)22-13(18-19)15(2,3)4;1-4-12-8-6-7-11(3)14(12)16(10-18-5-2)13(17)9-15;1-3-5-11(6-4-2)8(12)7(9)10;5-3(6)1-4-2-10(7,8)9/h1,7-8H,6H2,2-4H3;6-8H,4-5,9-10H2,1-3H3;3-4,7H,1-2,5-6H2;4H,1-2H2,(H,5,6)(H2,7,8,9). The maximum absolute atomic E-state index is 12.0. The summed E-state index contributed by atoms with van der Waals surface area (Å²) in [6.45, 7) is 19.9. The van der Waals surface area contributed by atoms with Gasteiger partial charge < -0.3 is 33.7 Å². The van der Waals surface area contributed by atoms with Gasteiger partial charge in [0.15, 0.2) is 4.84 Å². The van der Waals surface area contributed by atoms with Gasteiger partial charge in [0, 0.05) is 31.2 Å². The van der Waals surface area contributed by atoms with Crippen LogP contribution in [0.5, 0.6) is 5.75 Å². The van der Waals surface area contributed by atoms with Gasteiger partial charge in [-0.2, -0.15) is 4.68 Å². The number of carboxylic acid groups (broad SMARTS) is 1. The van der Waals surface area contributed by atoms with Crippen LogP contribution in [0.25, 0.3) is 5.69 Å². The van der Waals surface area contributed by atoms with E-state index in [4.69, 9.17) is 93.2 Å². The second-order valence-corrected chi connectivity index (χ2v) is 17.2. The van der Waals surface area contributed by atoms with Gasteiger partial charge in [0.05, 0.1) is 34.3 Å². The highest BCUT2D eigenvalue weighted by molar-refractivity contribution is 7.51. The summed E-state index contributed by atoms with van der Waals surface area (Å²) >= 11 is 28.7. The minimum Gasteiger partial charge on any atom is -0.480 e. The molecule has 2 amide bonds. The highest BCUT2D eigenvalue weighted by atomic mass is 35.5. The number of carbonyl (C=O) groups is 3. The molecule has 0 saturated heterocycles. The fourth-order valence-electron chi connectivity index (χ4n) is 4.56. The predicted octanol–water partition coefficient (Wildman–Crippen LogP) is 7.35. The highest BCUT2D eigenvalue weighted by Crippen LogP contribution is 2.33. The van der Waals surface area contributed by atoms with E-state index in [1.54, 1.807) is 17.1 Å². The number of hydrogen-bond acceptors (Lipinski definition) is 10. The van der Waals surface area contributed by atoms with Gasteiger partial charge in [-0.15, -0.1) is 36.3 Å². The van der Waals surface area contributed by atoms with E-state index in [0.717, 1.165) is 27.9 Å². The molecule has 0 atom stereocenters. The van der Waals surface area contributed by atoms with Crippen molar-refractivity contribution in [1.29, 1.82) is 0 Å². The molecule has 0 spiro atoms. The fourth-order valence-corrected chi connectivity index (χ4v) is 5.91. The van der Waals surface area contributed by atoms with Crippen LogP contribution >= 0.6 is 65.6 Å². The number of aliphatic carboxylic acids is 1. The van der Waals surface area contributed by atoms with Crippen molar-refractivity contribution in [2.75, 3.05) is 56.6 Å². The molecule has 4 N–H and O–H groups in total. The molecule has 1 aromatic heterocycles. The molecule has 1 heterocycles. The van der Waals surface area contributed by atoms with E-state index < -0.39 is 42.4 Å². The summed E-state index contributed by atoms with van der Waals surface area (Å²) in [7, 11) is -4.10. The molecule has 16 nitrogen and oxygen atoms in total. The molecule has 3 rings (SSSR count). The Labute approximate surface area is 386 Å². The molecular formula is C40H53Cl5N5O11P. The number of alkyl halides is 3. The first-order valence-corrected chi connectivity index (χ1v) is 22.3. The monoisotopic (exact) mass is 985 g/mol. The van der Waals surface area contributed by atoms with Crippen LogP contribution in [0.4, 0.5) is 5.69 Å². The van der Waals surface area contributed by atoms with Crippen molar-refractivity contribution in [3.8, 4) is 23.8 Å². The highest BCUT2D eigenvalue weighted by Gasteiger charge is 2.25. The van der Waals surface area contributed by atoms with Crippen LogP contribution < -0.4 is 20.7 Å². The summed E-state index contributed by atoms with van der Waals surface area (Å²) < 4.78 is 27.0. The number of terminal acetylenes is 1. The number of carboxylic acids is 1. The Balaban J connectivity index is 0.000000840. The molecule has 3 aromatic rings. The van der Waals surface area contributed by atoms with Gasteiger partial charge in [-0.3, -0.25) is 29.2 Å². The molecule has 0 radical (unpaired) electrons. The lowest BCUT2D eigenvalue weighted by Crippen LogP contribution is -2.35. The molecule has 0 aliphatic heterocycles. The first-order chi connectivity index (χ1) is 28.9. The molecule has 62 heavy (non-hydrogen) atoms. The van der Waals surface area contributed by atoms with Crippen LogP contribution in [0, 0.1) is 19.3 Å². The van der Waals surface area contributed by atoms with Crippen LogP contribution in [0.15, 0.2) is 64.9 Å².